The highest BCUT2D eigenvalue weighted by Gasteiger charge is 2.32. The maximum Gasteiger partial charge on any atom is 0.417 e. The average molecular weight is 382 g/mol. The Morgan fingerprint density at radius 2 is 1.92 bits per heavy atom. The number of aromatic nitrogens is 3. The van der Waals surface area contributed by atoms with Crippen LogP contribution in [-0.2, 0) is 6.18 Å². The fourth-order valence-electron chi connectivity index (χ4n) is 2.14. The van der Waals surface area contributed by atoms with E-state index < -0.39 is 17.6 Å². The molecule has 2 N–H and O–H groups in total. The third-order valence-corrected chi connectivity index (χ3v) is 3.64. The Morgan fingerprint density at radius 3 is 2.58 bits per heavy atom. The molecule has 0 saturated carbocycles. The van der Waals surface area contributed by atoms with Gasteiger partial charge in [-0.3, -0.25) is 25.2 Å². The van der Waals surface area contributed by atoms with Crippen LogP contribution in [0.1, 0.15) is 16.1 Å². The van der Waals surface area contributed by atoms with Crippen LogP contribution in [0.2, 0.25) is 5.02 Å². The number of nitrogens with zero attached hydrogens (tertiary/aromatic N) is 3. The van der Waals surface area contributed by atoms with Gasteiger partial charge in [0.05, 0.1) is 16.3 Å². The molecule has 0 aromatic carbocycles. The van der Waals surface area contributed by atoms with E-state index in [-0.39, 0.29) is 16.5 Å². The topological polar surface area (TPSA) is 71.8 Å². The number of hydrazine groups is 1. The average Bonchev–Trinajstić information content (AvgIpc) is 3.09. The van der Waals surface area contributed by atoms with Gasteiger partial charge in [-0.1, -0.05) is 11.6 Å². The van der Waals surface area contributed by atoms with Gasteiger partial charge in [0, 0.05) is 24.8 Å². The second kappa shape index (κ2) is 7.04. The fourth-order valence-corrected chi connectivity index (χ4v) is 2.40. The minimum absolute atomic E-state index is 0.0127. The monoisotopic (exact) mass is 381 g/mol. The van der Waals surface area contributed by atoms with E-state index in [1.165, 1.54) is 16.8 Å². The number of pyridine rings is 2. The Hall–Kier alpha value is -3.07. The molecule has 0 bridgehead atoms. The minimum atomic E-state index is -4.56. The van der Waals surface area contributed by atoms with Gasteiger partial charge in [0.15, 0.2) is 5.82 Å². The second-order valence-electron chi connectivity index (χ2n) is 5.11. The SMILES string of the molecule is O=C(NNc1ccncc1)c1cccn1-c1ncc(C(F)(F)F)cc1Cl. The zero-order chi connectivity index (χ0) is 18.7. The molecule has 134 valence electrons. The molecule has 0 aliphatic rings. The Bertz CT molecular complexity index is 927. The first-order chi connectivity index (χ1) is 12.4. The highest BCUT2D eigenvalue weighted by atomic mass is 35.5. The van der Waals surface area contributed by atoms with Gasteiger partial charge >= 0.3 is 6.18 Å². The van der Waals surface area contributed by atoms with Crippen molar-refractivity contribution < 1.29 is 18.0 Å². The normalized spacial score (nSPS) is 11.2. The van der Waals surface area contributed by atoms with Gasteiger partial charge in [-0.15, -0.1) is 0 Å². The van der Waals surface area contributed by atoms with Crippen LogP contribution in [0.5, 0.6) is 0 Å². The summed E-state index contributed by atoms with van der Waals surface area (Å²) < 4.78 is 39.5. The van der Waals surface area contributed by atoms with Gasteiger partial charge in [0.1, 0.15) is 5.69 Å². The van der Waals surface area contributed by atoms with Crippen molar-refractivity contribution in [3.63, 3.8) is 0 Å². The van der Waals surface area contributed by atoms with E-state index in [1.807, 2.05) is 0 Å². The molecule has 0 saturated heterocycles. The lowest BCUT2D eigenvalue weighted by atomic mass is 10.2. The Balaban J connectivity index is 1.83. The lowest BCUT2D eigenvalue weighted by Crippen LogP contribution is -2.31. The number of anilines is 1. The van der Waals surface area contributed by atoms with Gasteiger partial charge < -0.3 is 0 Å². The molecule has 0 spiro atoms. The first kappa shape index (κ1) is 17.7. The number of amides is 1. The molecular weight excluding hydrogens is 371 g/mol. The van der Waals surface area contributed by atoms with Crippen molar-refractivity contribution >= 4 is 23.2 Å². The van der Waals surface area contributed by atoms with Gasteiger partial charge in [0.25, 0.3) is 5.91 Å². The van der Waals surface area contributed by atoms with E-state index >= 15 is 0 Å². The number of hydrogen-bond donors (Lipinski definition) is 2. The Morgan fingerprint density at radius 1 is 1.19 bits per heavy atom. The summed E-state index contributed by atoms with van der Waals surface area (Å²) in [6, 6.07) is 7.10. The summed E-state index contributed by atoms with van der Waals surface area (Å²) in [7, 11) is 0. The molecule has 10 heteroatoms. The third-order valence-electron chi connectivity index (χ3n) is 3.36. The third kappa shape index (κ3) is 3.77. The van der Waals surface area contributed by atoms with Crippen molar-refractivity contribution in [2.24, 2.45) is 0 Å². The van der Waals surface area contributed by atoms with Crippen LogP contribution >= 0.6 is 11.6 Å². The maximum absolute atomic E-state index is 12.7. The zero-order valence-corrected chi connectivity index (χ0v) is 13.7. The summed E-state index contributed by atoms with van der Waals surface area (Å²) in [5.41, 5.74) is 4.96. The quantitative estimate of drug-likeness (QED) is 0.676. The van der Waals surface area contributed by atoms with E-state index in [0.29, 0.717) is 11.9 Å². The molecular formula is C16H11ClF3N5O. The molecule has 1 amide bonds. The van der Waals surface area contributed by atoms with E-state index in [4.69, 9.17) is 11.6 Å². The van der Waals surface area contributed by atoms with E-state index in [1.54, 1.807) is 30.6 Å². The molecule has 3 aromatic rings. The molecule has 3 aromatic heterocycles. The van der Waals surface area contributed by atoms with Crippen molar-refractivity contribution in [2.45, 2.75) is 6.18 Å². The zero-order valence-electron chi connectivity index (χ0n) is 13.0. The van der Waals surface area contributed by atoms with Crippen LogP contribution in [-0.4, -0.2) is 20.4 Å². The van der Waals surface area contributed by atoms with Gasteiger partial charge in [-0.25, -0.2) is 4.98 Å². The van der Waals surface area contributed by atoms with Crippen molar-refractivity contribution in [3.05, 3.63) is 71.4 Å². The predicted octanol–water partition coefficient (Wildman–Crippen LogP) is 3.70. The second-order valence-corrected chi connectivity index (χ2v) is 5.51. The summed E-state index contributed by atoms with van der Waals surface area (Å²) in [6.45, 7) is 0. The molecule has 0 aliphatic heterocycles. The molecule has 6 nitrogen and oxygen atoms in total. The van der Waals surface area contributed by atoms with Crippen molar-refractivity contribution in [1.29, 1.82) is 0 Å². The van der Waals surface area contributed by atoms with E-state index in [9.17, 15) is 18.0 Å². The molecule has 0 radical (unpaired) electrons. The van der Waals surface area contributed by atoms with Crippen LogP contribution in [0.15, 0.2) is 55.1 Å². The summed E-state index contributed by atoms with van der Waals surface area (Å²) in [6.07, 6.45) is 0.674. The highest BCUT2D eigenvalue weighted by molar-refractivity contribution is 6.32. The number of carbonyl (C=O) groups is 1. The Kier molecular flexibility index (Phi) is 4.81. The number of alkyl halides is 3. The Labute approximate surface area is 150 Å². The van der Waals surface area contributed by atoms with E-state index in [0.717, 1.165) is 6.07 Å². The summed E-state index contributed by atoms with van der Waals surface area (Å²) in [5.74, 6) is -0.511. The fraction of sp³-hybridized carbons (Fsp3) is 0.0625. The number of halogens is 4. The van der Waals surface area contributed by atoms with Crippen LogP contribution in [0, 0.1) is 0 Å². The lowest BCUT2D eigenvalue weighted by molar-refractivity contribution is -0.137. The summed E-state index contributed by atoms with van der Waals surface area (Å²) >= 11 is 5.94. The number of nitrogens with one attached hydrogen (secondary N) is 2. The summed E-state index contributed by atoms with van der Waals surface area (Å²) in [4.78, 5) is 20.0. The first-order valence-corrected chi connectivity index (χ1v) is 7.61. The van der Waals surface area contributed by atoms with Crippen molar-refractivity contribution in [2.75, 3.05) is 5.43 Å². The molecule has 0 atom stereocenters. The van der Waals surface area contributed by atoms with Crippen LogP contribution in [0.3, 0.4) is 0 Å². The van der Waals surface area contributed by atoms with Crippen LogP contribution < -0.4 is 10.9 Å². The molecule has 26 heavy (non-hydrogen) atoms. The maximum atomic E-state index is 12.7. The largest absolute Gasteiger partial charge is 0.417 e. The van der Waals surface area contributed by atoms with Gasteiger partial charge in [0.2, 0.25) is 0 Å². The molecule has 0 aliphatic carbocycles. The van der Waals surface area contributed by atoms with Crippen molar-refractivity contribution in [3.8, 4) is 5.82 Å². The highest BCUT2D eigenvalue weighted by Crippen LogP contribution is 2.32. The molecule has 0 unspecified atom stereocenters. The predicted molar refractivity (Wildman–Crippen MR) is 88.9 cm³/mol. The van der Waals surface area contributed by atoms with Gasteiger partial charge in [-0.2, -0.15) is 13.2 Å². The van der Waals surface area contributed by atoms with E-state index in [2.05, 4.69) is 20.8 Å². The standard InChI is InChI=1S/C16H11ClF3N5O/c17-12-8-10(16(18,19)20)9-22-14(12)25-7-1-2-13(25)15(26)24-23-11-3-5-21-6-4-11/h1-9H,(H,21,23)(H,24,26). The first-order valence-electron chi connectivity index (χ1n) is 7.23. The number of hydrogen-bond acceptors (Lipinski definition) is 4. The van der Waals surface area contributed by atoms with Gasteiger partial charge in [-0.05, 0) is 30.3 Å². The van der Waals surface area contributed by atoms with Crippen molar-refractivity contribution in [1.82, 2.24) is 20.0 Å². The molecule has 3 heterocycles. The van der Waals surface area contributed by atoms with Crippen LogP contribution in [0.25, 0.3) is 5.82 Å². The number of carbonyl (C=O) groups excluding carboxylic acids is 1. The molecule has 0 fully saturated rings. The lowest BCUT2D eigenvalue weighted by Gasteiger charge is -2.13. The van der Waals surface area contributed by atoms with Crippen LogP contribution in [0.4, 0.5) is 18.9 Å². The summed E-state index contributed by atoms with van der Waals surface area (Å²) in [5, 5.41) is -0.229. The minimum Gasteiger partial charge on any atom is -0.298 e. The number of rotatable bonds is 4. The molecule has 3 rings (SSSR count). The smallest absolute Gasteiger partial charge is 0.298 e.